The van der Waals surface area contributed by atoms with Crippen molar-refractivity contribution in [1.29, 1.82) is 0 Å². The van der Waals surface area contributed by atoms with Gasteiger partial charge in [0.25, 0.3) is 0 Å². The number of carbonyl (C=O) groups excluding carboxylic acids is 1. The lowest BCUT2D eigenvalue weighted by Gasteiger charge is -2.25. The van der Waals surface area contributed by atoms with E-state index >= 15 is 0 Å². The molecule has 2 aromatic heterocycles. The molecular weight excluding hydrogens is 442 g/mol. The van der Waals surface area contributed by atoms with Gasteiger partial charge in [-0.3, -0.25) is 14.7 Å². The topological polar surface area (TPSA) is 97.7 Å². The highest BCUT2D eigenvalue weighted by molar-refractivity contribution is 5.82. The van der Waals surface area contributed by atoms with Crippen molar-refractivity contribution in [3.05, 3.63) is 54.4 Å². The first-order valence-corrected chi connectivity index (χ1v) is 12.2. The van der Waals surface area contributed by atoms with Gasteiger partial charge in [-0.05, 0) is 36.1 Å². The van der Waals surface area contributed by atoms with Crippen molar-refractivity contribution in [2.45, 2.75) is 13.3 Å². The monoisotopic (exact) mass is 477 g/mol. The predicted octanol–water partition coefficient (Wildman–Crippen LogP) is 1.89. The summed E-state index contributed by atoms with van der Waals surface area (Å²) in [7, 11) is 1.90. The molecule has 1 amide bonds. The Morgan fingerprint density at radius 3 is 2.86 bits per heavy atom. The predicted molar refractivity (Wildman–Crippen MR) is 139 cm³/mol. The average Bonchev–Trinajstić information content (AvgIpc) is 3.07. The highest BCUT2D eigenvalue weighted by Crippen LogP contribution is 2.22. The molecule has 1 saturated heterocycles. The molecule has 1 unspecified atom stereocenters. The molecule has 9 heteroatoms. The second kappa shape index (κ2) is 11.9. The number of nitrogens with zero attached hydrogens (tertiary/aromatic N) is 6. The fourth-order valence-electron chi connectivity index (χ4n) is 4.69. The van der Waals surface area contributed by atoms with Gasteiger partial charge < -0.3 is 20.2 Å². The number of nitrogens with one attached hydrogen (secondary N) is 1. The summed E-state index contributed by atoms with van der Waals surface area (Å²) in [5.41, 5.74) is 2.29. The van der Waals surface area contributed by atoms with Crippen LogP contribution >= 0.6 is 0 Å². The highest BCUT2D eigenvalue weighted by Gasteiger charge is 2.25. The summed E-state index contributed by atoms with van der Waals surface area (Å²) in [6.45, 7) is 7.05. The molecule has 1 atom stereocenters. The maximum absolute atomic E-state index is 12.3. The van der Waals surface area contributed by atoms with Crippen LogP contribution in [-0.2, 0) is 11.2 Å². The number of hydrogen-bond donors (Lipinski definition) is 2. The number of aromatic nitrogens is 3. The van der Waals surface area contributed by atoms with Gasteiger partial charge in [-0.2, -0.15) is 4.98 Å². The van der Waals surface area contributed by atoms with Crippen LogP contribution in [0.3, 0.4) is 0 Å². The van der Waals surface area contributed by atoms with E-state index in [1.54, 1.807) is 13.1 Å². The number of likely N-dealkylation sites (N-methyl/N-ethyl adjacent to an activating group) is 1. The molecule has 4 rings (SSSR count). The molecule has 186 valence electrons. The zero-order chi connectivity index (χ0) is 24.6. The maximum atomic E-state index is 12.3. The van der Waals surface area contributed by atoms with Gasteiger partial charge in [0.05, 0.1) is 12.1 Å². The van der Waals surface area contributed by atoms with Crippen molar-refractivity contribution in [1.82, 2.24) is 24.8 Å². The van der Waals surface area contributed by atoms with E-state index < -0.39 is 0 Å². The Kier molecular flexibility index (Phi) is 8.44. The number of aliphatic hydroxyl groups excluding tert-OH is 1. The van der Waals surface area contributed by atoms with Crippen LogP contribution in [0.25, 0.3) is 10.9 Å². The van der Waals surface area contributed by atoms with E-state index in [0.29, 0.717) is 25.0 Å². The summed E-state index contributed by atoms with van der Waals surface area (Å²) < 4.78 is 0. The quantitative estimate of drug-likeness (QED) is 0.482. The molecule has 1 aromatic carbocycles. The fourth-order valence-corrected chi connectivity index (χ4v) is 4.69. The molecule has 3 heterocycles. The molecule has 1 aliphatic rings. The smallest absolute Gasteiger partial charge is 0.224 e. The van der Waals surface area contributed by atoms with Gasteiger partial charge in [0, 0.05) is 77.6 Å². The third kappa shape index (κ3) is 6.64. The Bertz CT molecular complexity index is 1120. The number of carbonyl (C=O) groups is 1. The minimum absolute atomic E-state index is 0.0754. The number of anilines is 2. The number of pyridine rings is 1. The van der Waals surface area contributed by atoms with Gasteiger partial charge >= 0.3 is 0 Å². The van der Waals surface area contributed by atoms with E-state index in [1.165, 1.54) is 10.9 Å². The molecule has 2 N–H and O–H groups in total. The van der Waals surface area contributed by atoms with E-state index in [0.717, 1.165) is 50.5 Å². The van der Waals surface area contributed by atoms with Gasteiger partial charge in [0.15, 0.2) is 0 Å². The summed E-state index contributed by atoms with van der Waals surface area (Å²) in [5.74, 6) is 1.81. The van der Waals surface area contributed by atoms with Crippen LogP contribution in [0, 0.1) is 5.92 Å². The van der Waals surface area contributed by atoms with Gasteiger partial charge in [-0.25, -0.2) is 4.98 Å². The van der Waals surface area contributed by atoms with Crippen LogP contribution in [0.1, 0.15) is 12.5 Å². The molecule has 0 radical (unpaired) electrons. The zero-order valence-electron chi connectivity index (χ0n) is 20.6. The molecule has 3 aromatic rings. The van der Waals surface area contributed by atoms with Crippen LogP contribution in [0.2, 0.25) is 0 Å². The van der Waals surface area contributed by atoms with Crippen molar-refractivity contribution in [3.8, 4) is 0 Å². The first kappa shape index (κ1) is 24.8. The maximum Gasteiger partial charge on any atom is 0.224 e. The van der Waals surface area contributed by atoms with Gasteiger partial charge in [0.2, 0.25) is 11.9 Å². The van der Waals surface area contributed by atoms with Crippen molar-refractivity contribution < 1.29 is 9.90 Å². The fraction of sp³-hybridized carbons (Fsp3) is 0.462. The third-order valence-electron chi connectivity index (χ3n) is 6.55. The summed E-state index contributed by atoms with van der Waals surface area (Å²) in [5, 5.41) is 13.7. The van der Waals surface area contributed by atoms with Crippen LogP contribution < -0.4 is 10.2 Å². The largest absolute Gasteiger partial charge is 0.395 e. The molecule has 9 nitrogen and oxygen atoms in total. The summed E-state index contributed by atoms with van der Waals surface area (Å²) >= 11 is 0. The normalized spacial score (nSPS) is 16.8. The molecule has 35 heavy (non-hydrogen) atoms. The number of hydrogen-bond acceptors (Lipinski definition) is 8. The van der Waals surface area contributed by atoms with E-state index in [9.17, 15) is 4.79 Å². The lowest BCUT2D eigenvalue weighted by atomic mass is 9.95. The lowest BCUT2D eigenvalue weighted by Crippen LogP contribution is -2.35. The lowest BCUT2D eigenvalue weighted by molar-refractivity contribution is -0.129. The number of aliphatic hydroxyl groups is 1. The SMILES string of the molecule is CC(=O)N1CCN(CCNc2nccc(N(C)CCO)n2)CC(Cc2cccc3ncccc23)C1. The standard InChI is InChI=1S/C26H35N7O2/c1-20(35)33-14-13-32(12-11-29-26-28-10-8-25(30-26)31(2)15-16-34)18-21(19-33)17-22-5-3-7-24-23(22)6-4-9-27-24/h3-10,21,34H,11-19H2,1-2H3,(H,28,29,30). The minimum atomic E-state index is 0.0754. The number of rotatable bonds is 9. The van der Waals surface area contributed by atoms with Gasteiger partial charge in [-0.15, -0.1) is 0 Å². The Balaban J connectivity index is 1.40. The number of amides is 1. The molecule has 0 bridgehead atoms. The van der Waals surface area contributed by atoms with E-state index in [1.807, 2.05) is 41.2 Å². The second-order valence-electron chi connectivity index (χ2n) is 9.13. The van der Waals surface area contributed by atoms with E-state index in [4.69, 9.17) is 5.11 Å². The van der Waals surface area contributed by atoms with Crippen LogP contribution in [0.5, 0.6) is 0 Å². The molecule has 1 fully saturated rings. The molecule has 1 aliphatic heterocycles. The van der Waals surface area contributed by atoms with Crippen molar-refractivity contribution in [2.75, 3.05) is 69.7 Å². The van der Waals surface area contributed by atoms with Crippen molar-refractivity contribution in [3.63, 3.8) is 0 Å². The van der Waals surface area contributed by atoms with Crippen molar-refractivity contribution in [2.24, 2.45) is 5.92 Å². The Labute approximate surface area is 206 Å². The highest BCUT2D eigenvalue weighted by atomic mass is 16.3. The van der Waals surface area contributed by atoms with Crippen LogP contribution in [-0.4, -0.2) is 95.2 Å². The summed E-state index contributed by atoms with van der Waals surface area (Å²) in [6.07, 6.45) is 4.46. The van der Waals surface area contributed by atoms with Gasteiger partial charge in [0.1, 0.15) is 5.82 Å². The summed E-state index contributed by atoms with van der Waals surface area (Å²) in [4.78, 5) is 31.9. The average molecular weight is 478 g/mol. The molecule has 0 saturated carbocycles. The first-order valence-electron chi connectivity index (χ1n) is 12.2. The Morgan fingerprint density at radius 1 is 1.14 bits per heavy atom. The molecule has 0 aliphatic carbocycles. The number of fused-ring (bicyclic) bond motifs is 1. The van der Waals surface area contributed by atoms with E-state index in [2.05, 4.69) is 43.4 Å². The zero-order valence-corrected chi connectivity index (χ0v) is 20.6. The number of benzene rings is 1. The minimum Gasteiger partial charge on any atom is -0.395 e. The second-order valence-corrected chi connectivity index (χ2v) is 9.13. The molecular formula is C26H35N7O2. The van der Waals surface area contributed by atoms with Crippen LogP contribution in [0.15, 0.2) is 48.8 Å². The van der Waals surface area contributed by atoms with Gasteiger partial charge in [-0.1, -0.05) is 18.2 Å². The van der Waals surface area contributed by atoms with Crippen LogP contribution in [0.4, 0.5) is 11.8 Å². The van der Waals surface area contributed by atoms with E-state index in [-0.39, 0.29) is 12.5 Å². The van der Waals surface area contributed by atoms with Crippen molar-refractivity contribution >= 4 is 28.6 Å². The third-order valence-corrected chi connectivity index (χ3v) is 6.55. The Morgan fingerprint density at radius 2 is 2.03 bits per heavy atom. The Hall–Kier alpha value is -3.30. The molecule has 0 spiro atoms. The summed E-state index contributed by atoms with van der Waals surface area (Å²) in [6, 6.07) is 12.2. The first-order chi connectivity index (χ1) is 17.0.